The third kappa shape index (κ3) is 3.88. The lowest BCUT2D eigenvalue weighted by molar-refractivity contribution is 0.151. The van der Waals surface area contributed by atoms with Gasteiger partial charge in [0, 0.05) is 17.5 Å². The molecule has 0 aliphatic rings. The molecule has 0 saturated carbocycles. The molecule has 0 aromatic carbocycles. The topological polar surface area (TPSA) is 16.4 Å². The predicted octanol–water partition coefficient (Wildman–Crippen LogP) is 4.20. The number of nitrogens with zero attached hydrogens (tertiary/aromatic N) is 1. The second-order valence-electron chi connectivity index (χ2n) is 6.38. The van der Waals surface area contributed by atoms with Gasteiger partial charge in [-0.3, -0.25) is 4.90 Å². The van der Waals surface area contributed by atoms with Crippen molar-refractivity contribution in [1.29, 1.82) is 0 Å². The Kier molecular flexibility index (Phi) is 4.42. The van der Waals surface area contributed by atoms with Crippen LogP contribution in [-0.2, 0) is 12.0 Å². The molecule has 0 bridgehead atoms. The van der Waals surface area contributed by atoms with E-state index in [4.69, 9.17) is 4.42 Å². The van der Waals surface area contributed by atoms with Crippen molar-refractivity contribution in [2.24, 2.45) is 0 Å². The first-order chi connectivity index (χ1) is 7.71. The molecule has 0 saturated heterocycles. The van der Waals surface area contributed by atoms with E-state index in [1.54, 1.807) is 0 Å². The molecule has 2 nitrogen and oxygen atoms in total. The SMILES string of the molecule is CC(C)N(Cc1ccc(C(C)(C)C)o1)C(C)C. The first-order valence-electron chi connectivity index (χ1n) is 6.56. The molecule has 1 aromatic rings. The molecular formula is C15H27NO. The summed E-state index contributed by atoms with van der Waals surface area (Å²) in [7, 11) is 0. The fourth-order valence-electron chi connectivity index (χ4n) is 2.01. The van der Waals surface area contributed by atoms with E-state index in [1.165, 1.54) is 0 Å². The summed E-state index contributed by atoms with van der Waals surface area (Å²) in [5.74, 6) is 2.14. The fraction of sp³-hybridized carbons (Fsp3) is 0.733. The van der Waals surface area contributed by atoms with Crippen molar-refractivity contribution in [1.82, 2.24) is 4.90 Å². The van der Waals surface area contributed by atoms with Crippen LogP contribution in [0.4, 0.5) is 0 Å². The van der Waals surface area contributed by atoms with Crippen molar-refractivity contribution in [3.05, 3.63) is 23.7 Å². The lowest BCUT2D eigenvalue weighted by atomic mass is 9.94. The zero-order valence-electron chi connectivity index (χ0n) is 12.4. The van der Waals surface area contributed by atoms with Crippen molar-refractivity contribution in [2.45, 2.75) is 72.5 Å². The van der Waals surface area contributed by atoms with E-state index in [9.17, 15) is 0 Å². The number of hydrogen-bond donors (Lipinski definition) is 0. The molecule has 0 spiro atoms. The Morgan fingerprint density at radius 2 is 1.59 bits per heavy atom. The van der Waals surface area contributed by atoms with Gasteiger partial charge in [0.05, 0.1) is 6.54 Å². The van der Waals surface area contributed by atoms with Crippen LogP contribution in [0.1, 0.15) is 60.0 Å². The van der Waals surface area contributed by atoms with Crippen LogP contribution in [0.5, 0.6) is 0 Å². The maximum atomic E-state index is 5.94. The fourth-order valence-corrected chi connectivity index (χ4v) is 2.01. The zero-order valence-corrected chi connectivity index (χ0v) is 12.4. The van der Waals surface area contributed by atoms with Gasteiger partial charge in [0.15, 0.2) is 0 Å². The average molecular weight is 237 g/mol. The van der Waals surface area contributed by atoms with Crippen LogP contribution in [-0.4, -0.2) is 17.0 Å². The van der Waals surface area contributed by atoms with Crippen LogP contribution in [0.25, 0.3) is 0 Å². The summed E-state index contributed by atoms with van der Waals surface area (Å²) in [5.41, 5.74) is 0.0960. The van der Waals surface area contributed by atoms with E-state index in [0.717, 1.165) is 18.1 Å². The molecule has 98 valence electrons. The summed E-state index contributed by atoms with van der Waals surface area (Å²) < 4.78 is 5.94. The van der Waals surface area contributed by atoms with Crippen molar-refractivity contribution < 1.29 is 4.42 Å². The highest BCUT2D eigenvalue weighted by molar-refractivity contribution is 5.14. The van der Waals surface area contributed by atoms with Crippen molar-refractivity contribution in [3.63, 3.8) is 0 Å². The Labute approximate surface area is 106 Å². The van der Waals surface area contributed by atoms with Gasteiger partial charge < -0.3 is 4.42 Å². The summed E-state index contributed by atoms with van der Waals surface area (Å²) in [6.07, 6.45) is 0. The Balaban J connectivity index is 2.78. The third-order valence-electron chi connectivity index (χ3n) is 3.07. The van der Waals surface area contributed by atoms with E-state index in [1.807, 2.05) is 0 Å². The van der Waals surface area contributed by atoms with Gasteiger partial charge in [0.1, 0.15) is 11.5 Å². The summed E-state index contributed by atoms with van der Waals surface area (Å²) in [6.45, 7) is 16.3. The zero-order chi connectivity index (χ0) is 13.2. The Morgan fingerprint density at radius 1 is 1.06 bits per heavy atom. The Hall–Kier alpha value is -0.760. The van der Waals surface area contributed by atoms with Gasteiger partial charge >= 0.3 is 0 Å². The highest BCUT2D eigenvalue weighted by Crippen LogP contribution is 2.25. The first-order valence-corrected chi connectivity index (χ1v) is 6.56. The molecule has 1 heterocycles. The number of furan rings is 1. The van der Waals surface area contributed by atoms with E-state index >= 15 is 0 Å². The van der Waals surface area contributed by atoms with E-state index in [0.29, 0.717) is 12.1 Å². The van der Waals surface area contributed by atoms with E-state index in [2.05, 4.69) is 65.5 Å². The Bertz CT molecular complexity index is 336. The smallest absolute Gasteiger partial charge is 0.118 e. The summed E-state index contributed by atoms with van der Waals surface area (Å²) >= 11 is 0. The quantitative estimate of drug-likeness (QED) is 0.780. The lowest BCUT2D eigenvalue weighted by Crippen LogP contribution is -2.36. The molecule has 1 rings (SSSR count). The standard InChI is InChI=1S/C15H27NO/c1-11(2)16(12(3)4)10-13-8-9-14(17-13)15(5,6)7/h8-9,11-12H,10H2,1-7H3. The lowest BCUT2D eigenvalue weighted by Gasteiger charge is -2.29. The monoisotopic (exact) mass is 237 g/mol. The molecule has 1 aromatic heterocycles. The van der Waals surface area contributed by atoms with Crippen LogP contribution in [0.3, 0.4) is 0 Å². The minimum absolute atomic E-state index is 0.0960. The molecule has 17 heavy (non-hydrogen) atoms. The molecule has 0 fully saturated rings. The average Bonchev–Trinajstić information content (AvgIpc) is 2.60. The molecule has 0 aliphatic heterocycles. The van der Waals surface area contributed by atoms with Crippen LogP contribution in [0, 0.1) is 0 Å². The summed E-state index contributed by atoms with van der Waals surface area (Å²) in [4.78, 5) is 2.44. The van der Waals surface area contributed by atoms with Crippen LogP contribution >= 0.6 is 0 Å². The largest absolute Gasteiger partial charge is 0.464 e. The highest BCUT2D eigenvalue weighted by Gasteiger charge is 2.20. The van der Waals surface area contributed by atoms with Gasteiger partial charge in [-0.25, -0.2) is 0 Å². The first kappa shape index (κ1) is 14.3. The molecule has 0 N–H and O–H groups in total. The van der Waals surface area contributed by atoms with Gasteiger partial charge in [0.2, 0.25) is 0 Å². The van der Waals surface area contributed by atoms with Gasteiger partial charge in [-0.15, -0.1) is 0 Å². The van der Waals surface area contributed by atoms with Gasteiger partial charge in [-0.1, -0.05) is 20.8 Å². The Morgan fingerprint density at radius 3 is 1.94 bits per heavy atom. The molecule has 2 heteroatoms. The maximum absolute atomic E-state index is 5.94. The summed E-state index contributed by atoms with van der Waals surface area (Å²) in [6, 6.07) is 5.29. The van der Waals surface area contributed by atoms with Crippen molar-refractivity contribution >= 4 is 0 Å². The maximum Gasteiger partial charge on any atom is 0.118 e. The molecule has 0 amide bonds. The normalized spacial score (nSPS) is 13.1. The highest BCUT2D eigenvalue weighted by atomic mass is 16.3. The van der Waals surface area contributed by atoms with Crippen LogP contribution < -0.4 is 0 Å². The van der Waals surface area contributed by atoms with Gasteiger partial charge in [-0.2, -0.15) is 0 Å². The molecular weight excluding hydrogens is 210 g/mol. The molecule has 0 atom stereocenters. The number of rotatable bonds is 4. The van der Waals surface area contributed by atoms with Crippen LogP contribution in [0.15, 0.2) is 16.5 Å². The van der Waals surface area contributed by atoms with Crippen molar-refractivity contribution in [3.8, 4) is 0 Å². The molecule has 0 unspecified atom stereocenters. The van der Waals surface area contributed by atoms with Gasteiger partial charge in [-0.05, 0) is 39.8 Å². The van der Waals surface area contributed by atoms with E-state index in [-0.39, 0.29) is 5.41 Å². The second kappa shape index (κ2) is 5.26. The second-order valence-corrected chi connectivity index (χ2v) is 6.38. The van der Waals surface area contributed by atoms with Crippen LogP contribution in [0.2, 0.25) is 0 Å². The van der Waals surface area contributed by atoms with Gasteiger partial charge in [0.25, 0.3) is 0 Å². The third-order valence-corrected chi connectivity index (χ3v) is 3.07. The van der Waals surface area contributed by atoms with Crippen molar-refractivity contribution in [2.75, 3.05) is 0 Å². The predicted molar refractivity (Wildman–Crippen MR) is 73.2 cm³/mol. The minimum Gasteiger partial charge on any atom is -0.464 e. The van der Waals surface area contributed by atoms with E-state index < -0.39 is 0 Å². The molecule has 0 radical (unpaired) electrons. The number of hydrogen-bond acceptors (Lipinski definition) is 2. The minimum atomic E-state index is 0.0960. The summed E-state index contributed by atoms with van der Waals surface area (Å²) in [5, 5.41) is 0. The molecule has 0 aliphatic carbocycles.